The lowest BCUT2D eigenvalue weighted by Crippen LogP contribution is -2.49. The van der Waals surface area contributed by atoms with Crippen molar-refractivity contribution in [3.63, 3.8) is 0 Å². The molecule has 1 aromatic carbocycles. The summed E-state index contributed by atoms with van der Waals surface area (Å²) in [4.78, 5) is 28.4. The van der Waals surface area contributed by atoms with Crippen molar-refractivity contribution in [1.29, 1.82) is 0 Å². The summed E-state index contributed by atoms with van der Waals surface area (Å²) in [7, 11) is 0. The van der Waals surface area contributed by atoms with Crippen LogP contribution in [0.15, 0.2) is 24.3 Å². The van der Waals surface area contributed by atoms with Crippen molar-refractivity contribution >= 4 is 11.8 Å². The molecule has 6 nitrogen and oxygen atoms in total. The summed E-state index contributed by atoms with van der Waals surface area (Å²) in [6.07, 6.45) is 3.05. The summed E-state index contributed by atoms with van der Waals surface area (Å²) < 4.78 is 5.34. The van der Waals surface area contributed by atoms with Crippen LogP contribution in [0.4, 0.5) is 0 Å². The Morgan fingerprint density at radius 2 is 1.89 bits per heavy atom. The smallest absolute Gasteiger partial charge is 0.236 e. The Morgan fingerprint density at radius 1 is 1.19 bits per heavy atom. The maximum absolute atomic E-state index is 12.5. The first-order valence-electron chi connectivity index (χ1n) is 10.0. The van der Waals surface area contributed by atoms with E-state index in [4.69, 9.17) is 4.74 Å². The van der Waals surface area contributed by atoms with Gasteiger partial charge in [0, 0.05) is 26.9 Å². The predicted molar refractivity (Wildman–Crippen MR) is 104 cm³/mol. The van der Waals surface area contributed by atoms with E-state index in [1.54, 1.807) is 6.92 Å². The molecule has 1 aromatic rings. The average molecular weight is 373 g/mol. The minimum absolute atomic E-state index is 0. The minimum atomic E-state index is 0. The second-order valence-corrected chi connectivity index (χ2v) is 8.09. The van der Waals surface area contributed by atoms with Crippen LogP contribution in [0.1, 0.15) is 44.8 Å². The highest BCUT2D eigenvalue weighted by molar-refractivity contribution is 5.78. The number of amides is 2. The van der Waals surface area contributed by atoms with Crippen LogP contribution in [0.3, 0.4) is 0 Å². The summed E-state index contributed by atoms with van der Waals surface area (Å²) in [5, 5.41) is 3.13. The standard InChI is InChI=1S/C21H29N3O3.H2/c1-16(25)22-19-14-21(18-5-3-2-4-17(18)19)6-8-23(9-7-21)15-20(26)24-10-12-27-13-11-24;/h2-5,19H,6-15H2,1H3,(H,22,25);1H/t19-;/m0./s1. The average Bonchev–Trinajstić information content (AvgIpc) is 2.97. The quantitative estimate of drug-likeness (QED) is 0.876. The number of fused-ring (bicyclic) bond motifs is 2. The first kappa shape index (κ1) is 18.4. The number of likely N-dealkylation sites (tertiary alicyclic amines) is 1. The van der Waals surface area contributed by atoms with Gasteiger partial charge < -0.3 is 15.0 Å². The number of carbonyl (C=O) groups is 2. The van der Waals surface area contributed by atoms with Crippen molar-refractivity contribution in [1.82, 2.24) is 15.1 Å². The highest BCUT2D eigenvalue weighted by Gasteiger charge is 2.45. The molecule has 148 valence electrons. The van der Waals surface area contributed by atoms with Gasteiger partial charge in [-0.3, -0.25) is 14.5 Å². The molecule has 1 aliphatic carbocycles. The van der Waals surface area contributed by atoms with Crippen LogP contribution in [0, 0.1) is 0 Å². The highest BCUT2D eigenvalue weighted by atomic mass is 16.5. The Balaban J connectivity index is 0.00000225. The zero-order chi connectivity index (χ0) is 18.9. The second-order valence-electron chi connectivity index (χ2n) is 8.09. The summed E-state index contributed by atoms with van der Waals surface area (Å²) in [6, 6.07) is 8.65. The van der Waals surface area contributed by atoms with Crippen molar-refractivity contribution in [2.45, 2.75) is 37.6 Å². The molecule has 27 heavy (non-hydrogen) atoms. The van der Waals surface area contributed by atoms with Crippen molar-refractivity contribution in [2.75, 3.05) is 45.9 Å². The van der Waals surface area contributed by atoms with Gasteiger partial charge in [-0.1, -0.05) is 24.3 Å². The molecule has 2 saturated heterocycles. The molecule has 2 amide bonds. The van der Waals surface area contributed by atoms with E-state index in [1.807, 2.05) is 4.90 Å². The van der Waals surface area contributed by atoms with E-state index in [0.29, 0.717) is 32.8 Å². The molecular weight excluding hydrogens is 342 g/mol. The number of morpholine rings is 1. The lowest BCUT2D eigenvalue weighted by molar-refractivity contribution is -0.137. The number of carbonyl (C=O) groups excluding carboxylic acids is 2. The maximum atomic E-state index is 12.5. The van der Waals surface area contributed by atoms with Gasteiger partial charge in [0.25, 0.3) is 0 Å². The Bertz CT molecular complexity index is 713. The van der Waals surface area contributed by atoms with Crippen LogP contribution in [0.25, 0.3) is 0 Å². The van der Waals surface area contributed by atoms with E-state index in [-0.39, 0.29) is 24.7 Å². The molecule has 4 rings (SSSR count). The maximum Gasteiger partial charge on any atom is 0.236 e. The fraction of sp³-hybridized carbons (Fsp3) is 0.619. The second kappa shape index (κ2) is 7.60. The van der Waals surface area contributed by atoms with Crippen LogP contribution < -0.4 is 5.32 Å². The summed E-state index contributed by atoms with van der Waals surface area (Å²) in [6.45, 7) is 6.67. The van der Waals surface area contributed by atoms with Gasteiger partial charge in [-0.05, 0) is 43.5 Å². The molecule has 0 aromatic heterocycles. The van der Waals surface area contributed by atoms with Gasteiger partial charge in [0.2, 0.25) is 11.8 Å². The molecule has 2 aliphatic heterocycles. The Labute approximate surface area is 162 Å². The number of hydrogen-bond acceptors (Lipinski definition) is 4. The largest absolute Gasteiger partial charge is 0.378 e. The Morgan fingerprint density at radius 3 is 2.59 bits per heavy atom. The molecule has 3 aliphatic rings. The van der Waals surface area contributed by atoms with Crippen LogP contribution >= 0.6 is 0 Å². The predicted octanol–water partition coefficient (Wildman–Crippen LogP) is 1.71. The lowest BCUT2D eigenvalue weighted by Gasteiger charge is -2.40. The van der Waals surface area contributed by atoms with E-state index >= 15 is 0 Å². The summed E-state index contributed by atoms with van der Waals surface area (Å²) in [5.74, 6) is 0.248. The van der Waals surface area contributed by atoms with Crippen LogP contribution in [-0.4, -0.2) is 67.6 Å². The third-order valence-electron chi connectivity index (χ3n) is 6.42. The van der Waals surface area contributed by atoms with E-state index in [2.05, 4.69) is 34.5 Å². The topological polar surface area (TPSA) is 61.9 Å². The first-order valence-corrected chi connectivity index (χ1v) is 10.0. The van der Waals surface area contributed by atoms with E-state index in [1.165, 1.54) is 11.1 Å². The van der Waals surface area contributed by atoms with Gasteiger partial charge in [0.05, 0.1) is 25.8 Å². The molecule has 0 saturated carbocycles. The zero-order valence-corrected chi connectivity index (χ0v) is 16.1. The SMILES string of the molecule is CC(=O)N[C@H]1CC2(CCN(CC(=O)N3CCOCC3)CC2)c2ccccc21.[HH]. The molecule has 0 radical (unpaired) electrons. The van der Waals surface area contributed by atoms with E-state index < -0.39 is 0 Å². The number of piperidine rings is 1. The van der Waals surface area contributed by atoms with Gasteiger partial charge in [-0.25, -0.2) is 0 Å². The minimum Gasteiger partial charge on any atom is -0.378 e. The normalized spacial score (nSPS) is 24.6. The number of ether oxygens (including phenoxy) is 1. The van der Waals surface area contributed by atoms with Gasteiger partial charge in [-0.15, -0.1) is 0 Å². The number of nitrogens with zero attached hydrogens (tertiary/aromatic N) is 2. The molecule has 2 heterocycles. The molecule has 6 heteroatoms. The van der Waals surface area contributed by atoms with Crippen LogP contribution in [-0.2, 0) is 19.7 Å². The number of benzene rings is 1. The summed E-state index contributed by atoms with van der Waals surface area (Å²) in [5.41, 5.74) is 2.79. The molecule has 1 N–H and O–H groups in total. The molecular formula is C21H31N3O3. The molecule has 2 fully saturated rings. The van der Waals surface area contributed by atoms with Gasteiger partial charge in [0.15, 0.2) is 0 Å². The van der Waals surface area contributed by atoms with Crippen molar-refractivity contribution in [3.05, 3.63) is 35.4 Å². The highest BCUT2D eigenvalue weighted by Crippen LogP contribution is 2.50. The summed E-state index contributed by atoms with van der Waals surface area (Å²) >= 11 is 0. The van der Waals surface area contributed by atoms with Gasteiger partial charge >= 0.3 is 0 Å². The Kier molecular flexibility index (Phi) is 5.19. The van der Waals surface area contributed by atoms with Crippen molar-refractivity contribution in [2.24, 2.45) is 0 Å². The zero-order valence-electron chi connectivity index (χ0n) is 16.1. The van der Waals surface area contributed by atoms with Gasteiger partial charge in [0.1, 0.15) is 0 Å². The monoisotopic (exact) mass is 373 g/mol. The van der Waals surface area contributed by atoms with Crippen molar-refractivity contribution < 1.29 is 15.8 Å². The number of rotatable bonds is 3. The van der Waals surface area contributed by atoms with Crippen LogP contribution in [0.2, 0.25) is 0 Å². The van der Waals surface area contributed by atoms with Gasteiger partial charge in [-0.2, -0.15) is 0 Å². The Hall–Kier alpha value is -1.92. The molecule has 0 bridgehead atoms. The molecule has 1 spiro atoms. The van der Waals surface area contributed by atoms with E-state index in [9.17, 15) is 9.59 Å². The number of nitrogens with one attached hydrogen (secondary N) is 1. The molecule has 0 unspecified atom stereocenters. The third kappa shape index (κ3) is 3.73. The third-order valence-corrected chi connectivity index (χ3v) is 6.42. The van der Waals surface area contributed by atoms with Crippen molar-refractivity contribution in [3.8, 4) is 0 Å². The fourth-order valence-electron chi connectivity index (χ4n) is 4.99. The van der Waals surface area contributed by atoms with Crippen LogP contribution in [0.5, 0.6) is 0 Å². The lowest BCUT2D eigenvalue weighted by atomic mass is 9.73. The molecule has 1 atom stereocenters. The first-order chi connectivity index (χ1) is 13.1. The fourth-order valence-corrected chi connectivity index (χ4v) is 4.99. The van der Waals surface area contributed by atoms with E-state index in [0.717, 1.165) is 32.4 Å². The number of hydrogen-bond donors (Lipinski definition) is 1.